The Morgan fingerprint density at radius 2 is 1.61 bits per heavy atom. The number of thiophene rings is 1. The van der Waals surface area contributed by atoms with Crippen LogP contribution in [0.25, 0.3) is 22.2 Å². The van der Waals surface area contributed by atoms with Gasteiger partial charge in [0.05, 0.1) is 22.2 Å². The molecule has 0 bridgehead atoms. The normalized spacial score (nSPS) is 13.0. The third-order valence-electron chi connectivity index (χ3n) is 7.92. The van der Waals surface area contributed by atoms with Crippen LogP contribution in [0.4, 0.5) is 0 Å². The van der Waals surface area contributed by atoms with Crippen LogP contribution < -0.4 is 5.32 Å². The average molecular weight is 670 g/mol. The summed E-state index contributed by atoms with van der Waals surface area (Å²) in [5.41, 5.74) is 5.33. The molecule has 0 radical (unpaired) electrons. The Kier molecular flexibility index (Phi) is 8.70. The third kappa shape index (κ3) is 5.83. The van der Waals surface area contributed by atoms with E-state index < -0.39 is 6.04 Å². The molecule has 0 atom stereocenters. The van der Waals surface area contributed by atoms with Gasteiger partial charge in [0.25, 0.3) is 0 Å². The number of benzene rings is 3. The molecule has 0 saturated heterocycles. The van der Waals surface area contributed by atoms with E-state index in [1.54, 1.807) is 30.3 Å². The van der Waals surface area contributed by atoms with Crippen LogP contribution in [-0.4, -0.2) is 47.6 Å². The van der Waals surface area contributed by atoms with Crippen molar-refractivity contribution in [3.63, 3.8) is 0 Å². The fraction of sp³-hybridized carbons (Fsp3) is 0.200. The first-order chi connectivity index (χ1) is 21.4. The van der Waals surface area contributed by atoms with Crippen molar-refractivity contribution in [1.82, 2.24) is 9.88 Å². The molecule has 9 heteroatoms. The second-order valence-electron chi connectivity index (χ2n) is 10.7. The van der Waals surface area contributed by atoms with Gasteiger partial charge in [0.1, 0.15) is 6.04 Å². The number of aromatic nitrogens is 1. The summed E-state index contributed by atoms with van der Waals surface area (Å²) in [6.45, 7) is 1.22. The van der Waals surface area contributed by atoms with E-state index >= 15 is 0 Å². The Morgan fingerprint density at radius 1 is 0.909 bits per heavy atom. The Balaban J connectivity index is 1.21. The maximum atomic E-state index is 13.6. The van der Waals surface area contributed by atoms with Crippen molar-refractivity contribution in [2.24, 2.45) is 0 Å². The molecule has 44 heavy (non-hydrogen) atoms. The van der Waals surface area contributed by atoms with Crippen molar-refractivity contribution in [2.75, 3.05) is 13.7 Å². The number of rotatable bonds is 11. The molecule has 6 rings (SSSR count). The second-order valence-corrected chi connectivity index (χ2v) is 13.1. The fourth-order valence-corrected chi connectivity index (χ4v) is 7.31. The van der Waals surface area contributed by atoms with Gasteiger partial charge in [-0.15, -0.1) is 11.3 Å². The first-order valence-electron chi connectivity index (χ1n) is 14.3. The highest BCUT2D eigenvalue weighted by Crippen LogP contribution is 2.33. The van der Waals surface area contributed by atoms with E-state index in [1.807, 2.05) is 36.4 Å². The molecule has 0 amide bonds. The summed E-state index contributed by atoms with van der Waals surface area (Å²) in [5, 5.41) is 4.20. The van der Waals surface area contributed by atoms with Gasteiger partial charge in [-0.05, 0) is 64.6 Å². The van der Waals surface area contributed by atoms with E-state index in [9.17, 15) is 19.2 Å². The number of unbranched alkanes of at least 4 members (excludes halogenated alkanes) is 1. The molecule has 5 aromatic rings. The maximum Gasteiger partial charge on any atom is 0.310 e. The highest BCUT2D eigenvalue weighted by atomic mass is 79.9. The molecule has 1 N–H and O–H groups in total. The lowest BCUT2D eigenvalue weighted by molar-refractivity contribution is -0.139. The van der Waals surface area contributed by atoms with Gasteiger partial charge in [-0.25, -0.2) is 0 Å². The van der Waals surface area contributed by atoms with E-state index in [4.69, 9.17) is 4.74 Å². The lowest BCUT2D eigenvalue weighted by Gasteiger charge is -2.13. The standard InChI is InChI=1S/C35H29BrN2O5S/c1-43-30(39)20-24-19-29(44-35(24)36)32(40)23-14-13-22-17-27(21-9-3-2-4-10-21)38(28(22)18-23)16-8-7-15-37-31-33(41)25-11-5-6-12-26(25)34(31)42/h2-6,9-14,17-19,31,37H,7-8,15-16,20H2,1H3. The zero-order valence-corrected chi connectivity index (χ0v) is 26.4. The molecule has 0 spiro atoms. The quantitative estimate of drug-likeness (QED) is 0.0713. The van der Waals surface area contributed by atoms with Crippen molar-refractivity contribution in [3.8, 4) is 11.3 Å². The smallest absolute Gasteiger partial charge is 0.310 e. The number of fused-ring (bicyclic) bond motifs is 2. The first kappa shape index (κ1) is 29.9. The minimum absolute atomic E-state index is 0.0913. The molecule has 0 fully saturated rings. The van der Waals surface area contributed by atoms with E-state index in [1.165, 1.54) is 18.4 Å². The molecule has 2 aromatic heterocycles. The molecule has 7 nitrogen and oxygen atoms in total. The SMILES string of the molecule is COC(=O)Cc1cc(C(=O)c2ccc3cc(-c4ccccc4)n(CCCCNC4C(=O)c5ccccc5C4=O)c3c2)sc1Br. The molecule has 0 aliphatic heterocycles. The zero-order chi connectivity index (χ0) is 30.8. The van der Waals surface area contributed by atoms with Crippen molar-refractivity contribution in [3.05, 3.63) is 116 Å². The van der Waals surface area contributed by atoms with Gasteiger partial charge < -0.3 is 14.6 Å². The van der Waals surface area contributed by atoms with E-state index in [2.05, 4.69) is 44.0 Å². The van der Waals surface area contributed by atoms with Crippen LogP contribution in [0.2, 0.25) is 0 Å². The number of halogens is 1. The van der Waals surface area contributed by atoms with E-state index in [-0.39, 0.29) is 29.7 Å². The van der Waals surface area contributed by atoms with Gasteiger partial charge >= 0.3 is 5.97 Å². The summed E-state index contributed by atoms with van der Waals surface area (Å²) in [5.74, 6) is -0.808. The molecule has 0 saturated carbocycles. The Bertz CT molecular complexity index is 1870. The topological polar surface area (TPSA) is 94.5 Å². The minimum Gasteiger partial charge on any atom is -0.469 e. The molecule has 222 valence electrons. The van der Waals surface area contributed by atoms with Gasteiger partial charge in [0, 0.05) is 39.8 Å². The molecule has 3 aromatic carbocycles. The Labute approximate surface area is 267 Å². The summed E-state index contributed by atoms with van der Waals surface area (Å²) in [7, 11) is 1.34. The van der Waals surface area contributed by atoms with Crippen molar-refractivity contribution < 1.29 is 23.9 Å². The largest absolute Gasteiger partial charge is 0.469 e. The van der Waals surface area contributed by atoms with Gasteiger partial charge in [0.2, 0.25) is 5.78 Å². The monoisotopic (exact) mass is 668 g/mol. The summed E-state index contributed by atoms with van der Waals surface area (Å²) < 4.78 is 7.75. The lowest BCUT2D eigenvalue weighted by Crippen LogP contribution is -2.39. The van der Waals surface area contributed by atoms with Gasteiger partial charge in [-0.2, -0.15) is 0 Å². The molecule has 1 aliphatic carbocycles. The first-order valence-corrected chi connectivity index (χ1v) is 16.0. The number of nitrogens with one attached hydrogen (secondary N) is 1. The number of nitrogens with zero attached hydrogens (tertiary/aromatic N) is 1. The molecule has 1 aliphatic rings. The van der Waals surface area contributed by atoms with Gasteiger partial charge in [0.15, 0.2) is 11.6 Å². The predicted molar refractivity (Wildman–Crippen MR) is 175 cm³/mol. The summed E-state index contributed by atoms with van der Waals surface area (Å²) in [4.78, 5) is 51.4. The highest BCUT2D eigenvalue weighted by molar-refractivity contribution is 9.11. The van der Waals surface area contributed by atoms with Crippen LogP contribution in [0.3, 0.4) is 0 Å². The van der Waals surface area contributed by atoms with Crippen molar-refractivity contribution in [1.29, 1.82) is 0 Å². The third-order valence-corrected chi connectivity index (χ3v) is 9.88. The predicted octanol–water partition coefficient (Wildman–Crippen LogP) is 6.90. The Morgan fingerprint density at radius 3 is 2.32 bits per heavy atom. The summed E-state index contributed by atoms with van der Waals surface area (Å²) >= 11 is 4.79. The van der Waals surface area contributed by atoms with E-state index in [0.717, 1.165) is 44.4 Å². The molecule has 0 unspecified atom stereocenters. The molecule has 2 heterocycles. The van der Waals surface area contributed by atoms with E-state index in [0.29, 0.717) is 34.7 Å². The molecular weight excluding hydrogens is 640 g/mol. The number of hydrogen-bond donors (Lipinski definition) is 1. The van der Waals surface area contributed by atoms with Gasteiger partial charge in [-0.3, -0.25) is 19.2 Å². The number of methoxy groups -OCH3 is 1. The average Bonchev–Trinajstić information content (AvgIpc) is 3.68. The minimum atomic E-state index is -0.821. The lowest BCUT2D eigenvalue weighted by atomic mass is 10.1. The summed E-state index contributed by atoms with van der Waals surface area (Å²) in [6, 6.07) is 25.9. The number of hydrogen-bond acceptors (Lipinski definition) is 7. The van der Waals surface area contributed by atoms with Crippen LogP contribution in [0.5, 0.6) is 0 Å². The Hall–Kier alpha value is -4.18. The molecular formula is C35H29BrN2O5S. The van der Waals surface area contributed by atoms with Crippen LogP contribution >= 0.6 is 27.3 Å². The number of carbonyl (C=O) groups is 4. The van der Waals surface area contributed by atoms with Crippen molar-refractivity contribution in [2.45, 2.75) is 31.8 Å². The fourth-order valence-electron chi connectivity index (χ4n) is 5.66. The summed E-state index contributed by atoms with van der Waals surface area (Å²) in [6.07, 6.45) is 1.64. The number of Topliss-reactive ketones (excluding diaryl/α,β-unsaturated/α-hetero) is 2. The second kappa shape index (κ2) is 12.8. The van der Waals surface area contributed by atoms with Crippen LogP contribution in [0.1, 0.15) is 54.4 Å². The number of ketones is 3. The highest BCUT2D eigenvalue weighted by Gasteiger charge is 2.37. The van der Waals surface area contributed by atoms with Crippen molar-refractivity contribution >= 4 is 61.5 Å². The number of aryl methyl sites for hydroxylation is 1. The maximum absolute atomic E-state index is 13.6. The number of carbonyl (C=O) groups excluding carboxylic acids is 4. The zero-order valence-electron chi connectivity index (χ0n) is 24.0. The van der Waals surface area contributed by atoms with Crippen LogP contribution in [0, 0.1) is 0 Å². The van der Waals surface area contributed by atoms with Crippen LogP contribution in [0.15, 0.2) is 88.7 Å². The number of ether oxygens (including phenoxy) is 1. The number of esters is 1. The van der Waals surface area contributed by atoms with Crippen LogP contribution in [-0.2, 0) is 22.5 Å². The van der Waals surface area contributed by atoms with Gasteiger partial charge in [-0.1, -0.05) is 66.7 Å².